The van der Waals surface area contributed by atoms with Crippen molar-refractivity contribution in [3.05, 3.63) is 0 Å². The summed E-state index contributed by atoms with van der Waals surface area (Å²) >= 11 is 2.47. The number of rotatable bonds is 0. The van der Waals surface area contributed by atoms with Gasteiger partial charge in [-0.25, -0.2) is 4.79 Å². The predicted molar refractivity (Wildman–Crippen MR) is 39.7 cm³/mol. The van der Waals surface area contributed by atoms with E-state index in [1.165, 1.54) is 0 Å². The van der Waals surface area contributed by atoms with Crippen LogP contribution in [0.15, 0.2) is 4.99 Å². The van der Waals surface area contributed by atoms with Crippen molar-refractivity contribution in [2.45, 2.75) is 11.0 Å². The molecule has 4 nitrogen and oxygen atoms in total. The Morgan fingerprint density at radius 1 is 1.38 bits per heavy atom. The van der Waals surface area contributed by atoms with Gasteiger partial charge in [-0.05, 0) is 0 Å². The molecule has 0 spiro atoms. The highest BCUT2D eigenvalue weighted by atomic mass is 79.9. The van der Waals surface area contributed by atoms with Gasteiger partial charge in [0.25, 0.3) is 0 Å². The van der Waals surface area contributed by atoms with E-state index in [0.717, 1.165) is 0 Å². The second-order valence-corrected chi connectivity index (χ2v) is 3.07. The molecule has 1 N–H and O–H groups in total. The number of nitrogens with one attached hydrogen (secondary N) is 1. The molecule has 0 radical (unpaired) electrons. The number of nitrogens with zero attached hydrogens (tertiary/aromatic N) is 1. The fourth-order valence-electron chi connectivity index (χ4n) is 0.694. The van der Waals surface area contributed by atoms with Crippen LogP contribution < -0.4 is 5.32 Å². The van der Waals surface area contributed by atoms with Gasteiger partial charge in [0.15, 0.2) is 5.71 Å². The molecule has 0 saturated heterocycles. The van der Waals surface area contributed by atoms with E-state index in [-0.39, 0.29) is 0 Å². The molecule has 3 amide bonds. The molecule has 0 aliphatic carbocycles. The first-order chi connectivity index (χ1) is 5.82. The molecule has 1 heterocycles. The van der Waals surface area contributed by atoms with Gasteiger partial charge < -0.3 is 0 Å². The number of aliphatic imine (C=N–C) groups is 1. The first-order valence-electron chi connectivity index (χ1n) is 2.97. The number of hydrogen-bond donors (Lipinski definition) is 1. The van der Waals surface area contributed by atoms with Crippen LogP contribution in [-0.2, 0) is 4.79 Å². The summed E-state index contributed by atoms with van der Waals surface area (Å²) in [6.45, 7) is 0. The van der Waals surface area contributed by atoms with Gasteiger partial charge in [0.1, 0.15) is 4.83 Å². The van der Waals surface area contributed by atoms with E-state index in [1.807, 2.05) is 0 Å². The van der Waals surface area contributed by atoms with Gasteiger partial charge in [-0.15, -0.1) is 0 Å². The van der Waals surface area contributed by atoms with Gasteiger partial charge in [0.2, 0.25) is 5.91 Å². The van der Waals surface area contributed by atoms with Crippen molar-refractivity contribution in [3.63, 3.8) is 0 Å². The van der Waals surface area contributed by atoms with Gasteiger partial charge in [0, 0.05) is 0 Å². The van der Waals surface area contributed by atoms with Crippen LogP contribution in [-0.4, -0.2) is 28.7 Å². The second-order valence-electron chi connectivity index (χ2n) is 2.15. The molecule has 0 aromatic heterocycles. The van der Waals surface area contributed by atoms with Crippen molar-refractivity contribution in [2.75, 3.05) is 0 Å². The van der Waals surface area contributed by atoms with Crippen LogP contribution in [0.4, 0.5) is 18.0 Å². The molecule has 0 bridgehead atoms. The Hall–Kier alpha value is -0.920. The standard InChI is InChI=1S/C5H2BrF3N2O2/c6-1-2(5(7,8)9)10-4(13)11-3(1)12/h1H,(H,11,12,13). The Labute approximate surface area is 78.3 Å². The summed E-state index contributed by atoms with van der Waals surface area (Å²) in [5.41, 5.74) is -1.43. The Morgan fingerprint density at radius 3 is 2.38 bits per heavy atom. The molecule has 72 valence electrons. The van der Waals surface area contributed by atoms with Crippen molar-refractivity contribution in [3.8, 4) is 0 Å². The first kappa shape index (κ1) is 10.2. The fourth-order valence-corrected chi connectivity index (χ4v) is 1.17. The fraction of sp³-hybridized carbons (Fsp3) is 0.400. The number of carbonyl (C=O) groups excluding carboxylic acids is 2. The Bertz CT molecular complexity index is 299. The number of hydrogen-bond acceptors (Lipinski definition) is 2. The zero-order valence-electron chi connectivity index (χ0n) is 5.85. The summed E-state index contributed by atoms with van der Waals surface area (Å²) in [4.78, 5) is 22.2. The summed E-state index contributed by atoms with van der Waals surface area (Å²) < 4.78 is 36.1. The lowest BCUT2D eigenvalue weighted by atomic mass is 10.2. The lowest BCUT2D eigenvalue weighted by molar-refractivity contribution is -0.119. The quantitative estimate of drug-likeness (QED) is 0.660. The van der Waals surface area contributed by atoms with Crippen LogP contribution in [0.5, 0.6) is 0 Å². The Morgan fingerprint density at radius 2 is 1.92 bits per heavy atom. The minimum Gasteiger partial charge on any atom is -0.275 e. The summed E-state index contributed by atoms with van der Waals surface area (Å²) in [7, 11) is 0. The van der Waals surface area contributed by atoms with Crippen molar-refractivity contribution in [1.82, 2.24) is 5.32 Å². The van der Waals surface area contributed by atoms with Gasteiger partial charge in [-0.1, -0.05) is 15.9 Å². The van der Waals surface area contributed by atoms with Crippen molar-refractivity contribution in [2.24, 2.45) is 4.99 Å². The van der Waals surface area contributed by atoms with Gasteiger partial charge in [-0.2, -0.15) is 18.2 Å². The highest BCUT2D eigenvalue weighted by Crippen LogP contribution is 2.24. The topological polar surface area (TPSA) is 58.5 Å². The summed E-state index contributed by atoms with van der Waals surface area (Å²) in [6, 6.07) is -1.30. The van der Waals surface area contributed by atoms with Gasteiger partial charge >= 0.3 is 12.2 Å². The molecule has 1 unspecified atom stereocenters. The van der Waals surface area contributed by atoms with Gasteiger partial charge in [0.05, 0.1) is 0 Å². The Balaban J connectivity index is 3.07. The van der Waals surface area contributed by atoms with Crippen LogP contribution in [0, 0.1) is 0 Å². The zero-order chi connectivity index (χ0) is 10.2. The van der Waals surface area contributed by atoms with E-state index in [0.29, 0.717) is 0 Å². The number of urea groups is 1. The third kappa shape index (κ3) is 2.06. The van der Waals surface area contributed by atoms with Crippen LogP contribution >= 0.6 is 15.9 Å². The van der Waals surface area contributed by atoms with E-state index in [1.54, 1.807) is 5.32 Å². The van der Waals surface area contributed by atoms with E-state index in [4.69, 9.17) is 0 Å². The smallest absolute Gasteiger partial charge is 0.275 e. The second kappa shape index (κ2) is 3.09. The number of halogens is 4. The molecule has 1 aliphatic heterocycles. The molecule has 1 aliphatic rings. The molecule has 8 heteroatoms. The van der Waals surface area contributed by atoms with E-state index >= 15 is 0 Å². The van der Waals surface area contributed by atoms with Gasteiger partial charge in [-0.3, -0.25) is 10.1 Å². The van der Waals surface area contributed by atoms with Crippen LogP contribution in [0.2, 0.25) is 0 Å². The molecule has 1 atom stereocenters. The number of carbonyl (C=O) groups is 2. The highest BCUT2D eigenvalue weighted by molar-refractivity contribution is 9.10. The predicted octanol–water partition coefficient (Wildman–Crippen LogP) is 1.00. The average Bonchev–Trinajstić information content (AvgIpc) is 1.94. The Kier molecular flexibility index (Phi) is 2.42. The van der Waals surface area contributed by atoms with Crippen LogP contribution in [0.25, 0.3) is 0 Å². The average molecular weight is 259 g/mol. The highest BCUT2D eigenvalue weighted by Gasteiger charge is 2.45. The lowest BCUT2D eigenvalue weighted by Gasteiger charge is -2.18. The SMILES string of the molecule is O=C1N=C(C(F)(F)F)C(Br)C(=O)N1. The molecule has 1 rings (SSSR count). The maximum absolute atomic E-state index is 12.0. The zero-order valence-corrected chi connectivity index (χ0v) is 7.44. The monoisotopic (exact) mass is 258 g/mol. The van der Waals surface area contributed by atoms with E-state index < -0.39 is 28.7 Å². The molecule has 0 saturated carbocycles. The summed E-state index contributed by atoms with van der Waals surface area (Å²) in [5, 5.41) is 1.62. The number of alkyl halides is 4. The van der Waals surface area contributed by atoms with E-state index in [2.05, 4.69) is 20.9 Å². The van der Waals surface area contributed by atoms with Crippen molar-refractivity contribution in [1.29, 1.82) is 0 Å². The van der Waals surface area contributed by atoms with Crippen LogP contribution in [0.3, 0.4) is 0 Å². The van der Waals surface area contributed by atoms with Crippen molar-refractivity contribution < 1.29 is 22.8 Å². The normalized spacial score (nSPS) is 24.0. The summed E-state index contributed by atoms with van der Waals surface area (Å²) in [6.07, 6.45) is -4.78. The third-order valence-electron chi connectivity index (χ3n) is 1.21. The molecule has 13 heavy (non-hydrogen) atoms. The van der Waals surface area contributed by atoms with E-state index in [9.17, 15) is 22.8 Å². The molecule has 0 aromatic carbocycles. The van der Waals surface area contributed by atoms with Crippen molar-refractivity contribution >= 4 is 33.6 Å². The minimum absolute atomic E-state index is 1.06. The van der Waals surface area contributed by atoms with Crippen LogP contribution in [0.1, 0.15) is 0 Å². The number of imide groups is 1. The third-order valence-corrected chi connectivity index (χ3v) is 2.06. The molecule has 0 aromatic rings. The minimum atomic E-state index is -4.78. The molecule has 0 fully saturated rings. The maximum atomic E-state index is 12.0. The largest absolute Gasteiger partial charge is 0.431 e. The lowest BCUT2D eigenvalue weighted by Crippen LogP contribution is -2.48. The first-order valence-corrected chi connectivity index (χ1v) is 3.88. The maximum Gasteiger partial charge on any atom is 0.431 e. The molecular weight excluding hydrogens is 257 g/mol. The molecular formula is C5H2BrF3N2O2. The number of amides is 3. The summed E-state index contributed by atoms with van der Waals surface area (Å²) in [5.74, 6) is -1.06.